The summed E-state index contributed by atoms with van der Waals surface area (Å²) in [6, 6.07) is 0. The third-order valence-electron chi connectivity index (χ3n) is 2.13. The van der Waals surface area contributed by atoms with Crippen LogP contribution in [-0.2, 0) is 14.3 Å². The molecule has 0 aliphatic carbocycles. The molecule has 0 bridgehead atoms. The van der Waals surface area contributed by atoms with Gasteiger partial charge in [-0.3, -0.25) is 0 Å². The molecule has 0 spiro atoms. The van der Waals surface area contributed by atoms with Gasteiger partial charge in [0.05, 0.1) is 12.7 Å². The fourth-order valence-corrected chi connectivity index (χ4v) is 1.30. The lowest BCUT2D eigenvalue weighted by atomic mass is 10.0. The number of hydrogen-bond acceptors (Lipinski definition) is 3. The number of carbonyl (C=O) groups excluding carboxylic acids is 1. The number of rotatable bonds is 3. The Labute approximate surface area is 73.0 Å². The first-order valence-corrected chi connectivity index (χ1v) is 4.30. The zero-order valence-electron chi connectivity index (χ0n) is 7.87. The summed E-state index contributed by atoms with van der Waals surface area (Å²) < 4.78 is 11.0. The molecule has 0 N–H and O–H groups in total. The Bertz CT molecular complexity index is 165. The molecule has 1 fully saturated rings. The Morgan fingerprint density at radius 3 is 2.75 bits per heavy atom. The van der Waals surface area contributed by atoms with Crippen LogP contribution in [0.15, 0.2) is 0 Å². The van der Waals surface area contributed by atoms with Crippen molar-refractivity contribution in [2.24, 2.45) is 5.92 Å². The Morgan fingerprint density at radius 1 is 1.67 bits per heavy atom. The van der Waals surface area contributed by atoms with Crippen LogP contribution in [0.25, 0.3) is 0 Å². The lowest BCUT2D eigenvalue weighted by molar-refractivity contribution is -0.144. The zero-order valence-corrected chi connectivity index (χ0v) is 7.87. The van der Waals surface area contributed by atoms with Crippen LogP contribution in [0.4, 0.5) is 0 Å². The normalized spacial score (nSPS) is 30.1. The van der Waals surface area contributed by atoms with Crippen molar-refractivity contribution in [2.45, 2.75) is 39.1 Å². The summed E-state index contributed by atoms with van der Waals surface area (Å²) in [5.74, 6) is -0.216. The highest BCUT2D eigenvalue weighted by atomic mass is 16.7. The molecular weight excluding hydrogens is 156 g/mol. The van der Waals surface area contributed by atoms with E-state index in [0.717, 1.165) is 6.29 Å². The Hall–Kier alpha value is -0.410. The van der Waals surface area contributed by atoms with E-state index < -0.39 is 5.79 Å². The van der Waals surface area contributed by atoms with E-state index in [9.17, 15) is 4.79 Å². The average molecular weight is 172 g/mol. The summed E-state index contributed by atoms with van der Waals surface area (Å²) in [6.07, 6.45) is 1.55. The summed E-state index contributed by atoms with van der Waals surface area (Å²) in [6.45, 7) is 6.38. The van der Waals surface area contributed by atoms with E-state index in [1.165, 1.54) is 0 Å². The van der Waals surface area contributed by atoms with Crippen molar-refractivity contribution in [3.63, 3.8) is 0 Å². The van der Waals surface area contributed by atoms with Gasteiger partial charge in [-0.15, -0.1) is 0 Å². The quantitative estimate of drug-likeness (QED) is 0.603. The third kappa shape index (κ3) is 2.29. The van der Waals surface area contributed by atoms with Crippen molar-refractivity contribution < 1.29 is 14.3 Å². The van der Waals surface area contributed by atoms with E-state index in [1.807, 2.05) is 20.8 Å². The summed E-state index contributed by atoms with van der Waals surface area (Å²) in [5, 5.41) is 0. The highest BCUT2D eigenvalue weighted by Crippen LogP contribution is 2.27. The van der Waals surface area contributed by atoms with Crippen molar-refractivity contribution in [1.29, 1.82) is 0 Å². The summed E-state index contributed by atoms with van der Waals surface area (Å²) in [4.78, 5) is 10.2. The van der Waals surface area contributed by atoms with Crippen molar-refractivity contribution >= 4 is 6.29 Å². The minimum atomic E-state index is -0.470. The second kappa shape index (κ2) is 3.54. The molecule has 1 aliphatic heterocycles. The van der Waals surface area contributed by atoms with Gasteiger partial charge in [0.25, 0.3) is 0 Å². The van der Waals surface area contributed by atoms with Crippen LogP contribution in [0.5, 0.6) is 0 Å². The van der Waals surface area contributed by atoms with Crippen LogP contribution < -0.4 is 0 Å². The van der Waals surface area contributed by atoms with E-state index in [-0.39, 0.29) is 12.0 Å². The summed E-state index contributed by atoms with van der Waals surface area (Å²) >= 11 is 0. The van der Waals surface area contributed by atoms with Gasteiger partial charge in [-0.2, -0.15) is 0 Å². The fourth-order valence-electron chi connectivity index (χ4n) is 1.30. The standard InChI is InChI=1S/C9H16O3/c1-7(4-5-10)8-6-11-9(2,3)12-8/h5,7-8H,4,6H2,1-3H3/t7-,8-/m1/s1. The topological polar surface area (TPSA) is 35.5 Å². The van der Waals surface area contributed by atoms with Gasteiger partial charge in [0.1, 0.15) is 6.29 Å². The molecule has 0 aromatic heterocycles. The number of hydrogen-bond donors (Lipinski definition) is 0. The Kier molecular flexibility index (Phi) is 2.85. The number of carbonyl (C=O) groups is 1. The highest BCUT2D eigenvalue weighted by molar-refractivity contribution is 5.49. The molecule has 3 heteroatoms. The van der Waals surface area contributed by atoms with E-state index in [0.29, 0.717) is 13.0 Å². The van der Waals surface area contributed by atoms with Gasteiger partial charge in [-0.1, -0.05) is 6.92 Å². The van der Waals surface area contributed by atoms with Crippen LogP contribution in [-0.4, -0.2) is 24.8 Å². The summed E-state index contributed by atoms with van der Waals surface area (Å²) in [7, 11) is 0. The fraction of sp³-hybridized carbons (Fsp3) is 0.889. The monoisotopic (exact) mass is 172 g/mol. The van der Waals surface area contributed by atoms with E-state index in [1.54, 1.807) is 0 Å². The maximum Gasteiger partial charge on any atom is 0.163 e. The first kappa shape index (κ1) is 9.68. The number of aldehydes is 1. The molecule has 0 amide bonds. The van der Waals surface area contributed by atoms with Crippen molar-refractivity contribution in [1.82, 2.24) is 0 Å². The van der Waals surface area contributed by atoms with E-state index in [2.05, 4.69) is 0 Å². The second-order valence-electron chi connectivity index (χ2n) is 3.75. The van der Waals surface area contributed by atoms with Gasteiger partial charge >= 0.3 is 0 Å². The molecule has 12 heavy (non-hydrogen) atoms. The lowest BCUT2D eigenvalue weighted by Gasteiger charge is -2.19. The summed E-state index contributed by atoms with van der Waals surface area (Å²) in [5.41, 5.74) is 0. The third-order valence-corrected chi connectivity index (χ3v) is 2.13. The predicted molar refractivity (Wildman–Crippen MR) is 44.7 cm³/mol. The smallest absolute Gasteiger partial charge is 0.163 e. The largest absolute Gasteiger partial charge is 0.348 e. The first-order valence-electron chi connectivity index (χ1n) is 4.30. The molecule has 1 rings (SSSR count). The van der Waals surface area contributed by atoms with Gasteiger partial charge < -0.3 is 14.3 Å². The molecular formula is C9H16O3. The van der Waals surface area contributed by atoms with Crippen molar-refractivity contribution in [3.8, 4) is 0 Å². The predicted octanol–water partition coefficient (Wildman–Crippen LogP) is 1.36. The maximum atomic E-state index is 10.2. The minimum absolute atomic E-state index is 0.0743. The molecule has 0 aromatic carbocycles. The van der Waals surface area contributed by atoms with Crippen molar-refractivity contribution in [3.05, 3.63) is 0 Å². The van der Waals surface area contributed by atoms with Crippen LogP contribution in [0.3, 0.4) is 0 Å². The Morgan fingerprint density at radius 2 is 2.33 bits per heavy atom. The van der Waals surface area contributed by atoms with Gasteiger partial charge in [0.2, 0.25) is 0 Å². The van der Waals surface area contributed by atoms with E-state index >= 15 is 0 Å². The minimum Gasteiger partial charge on any atom is -0.348 e. The van der Waals surface area contributed by atoms with Gasteiger partial charge in [0.15, 0.2) is 5.79 Å². The van der Waals surface area contributed by atoms with E-state index in [4.69, 9.17) is 9.47 Å². The van der Waals surface area contributed by atoms with Crippen LogP contribution >= 0.6 is 0 Å². The van der Waals surface area contributed by atoms with Gasteiger partial charge in [-0.05, 0) is 19.8 Å². The van der Waals surface area contributed by atoms with Crippen molar-refractivity contribution in [2.75, 3.05) is 6.61 Å². The molecule has 3 nitrogen and oxygen atoms in total. The van der Waals surface area contributed by atoms with Crippen LogP contribution in [0.1, 0.15) is 27.2 Å². The molecule has 1 aliphatic rings. The van der Waals surface area contributed by atoms with Gasteiger partial charge in [0, 0.05) is 6.42 Å². The first-order chi connectivity index (χ1) is 5.55. The lowest BCUT2D eigenvalue weighted by Crippen LogP contribution is -2.25. The number of ether oxygens (including phenoxy) is 2. The SMILES string of the molecule is C[C@H](CC=O)[C@H]1COC(C)(C)O1. The molecule has 0 aromatic rings. The average Bonchev–Trinajstić information content (AvgIpc) is 2.31. The van der Waals surface area contributed by atoms with Gasteiger partial charge in [-0.25, -0.2) is 0 Å². The molecule has 0 radical (unpaired) electrons. The molecule has 2 atom stereocenters. The highest BCUT2D eigenvalue weighted by Gasteiger charge is 2.35. The maximum absolute atomic E-state index is 10.2. The Balaban J connectivity index is 2.40. The molecule has 0 unspecified atom stereocenters. The molecule has 0 saturated carbocycles. The molecule has 70 valence electrons. The molecule has 1 saturated heterocycles. The second-order valence-corrected chi connectivity index (χ2v) is 3.75. The van der Waals surface area contributed by atoms with Crippen LogP contribution in [0.2, 0.25) is 0 Å². The molecule has 1 heterocycles. The van der Waals surface area contributed by atoms with Crippen LogP contribution in [0, 0.1) is 5.92 Å². The zero-order chi connectivity index (χ0) is 9.19.